The fraction of sp³-hybridized carbons (Fsp3) is 0.308. The van der Waals surface area contributed by atoms with E-state index in [2.05, 4.69) is 5.16 Å². The first-order valence-electron chi connectivity index (χ1n) is 5.94. The molecule has 0 unspecified atom stereocenters. The molecule has 20 heavy (non-hydrogen) atoms. The van der Waals surface area contributed by atoms with Crippen LogP contribution in [-0.2, 0) is 14.4 Å². The van der Waals surface area contributed by atoms with Crippen LogP contribution in [0.3, 0.4) is 0 Å². The topological polar surface area (TPSA) is 99.4 Å². The van der Waals surface area contributed by atoms with Gasteiger partial charge in [-0.15, -0.1) is 0 Å². The van der Waals surface area contributed by atoms with Crippen LogP contribution < -0.4 is 0 Å². The first kappa shape index (κ1) is 15.6. The lowest BCUT2D eigenvalue weighted by molar-refractivity contribution is -0.142. The summed E-state index contributed by atoms with van der Waals surface area (Å²) in [5, 5.41) is 21.0. The van der Waals surface area contributed by atoms with Gasteiger partial charge < -0.3 is 15.1 Å². The Kier molecular flexibility index (Phi) is 6.77. The van der Waals surface area contributed by atoms with E-state index in [0.717, 1.165) is 5.56 Å². The highest BCUT2D eigenvalue weighted by molar-refractivity contribution is 5.78. The van der Waals surface area contributed by atoms with Crippen LogP contribution >= 0.6 is 0 Å². The number of carboxylic acids is 2. The molecular formula is C13H16N2O5. The molecule has 0 fully saturated rings. The molecule has 0 aliphatic heterocycles. The predicted octanol–water partition coefficient (Wildman–Crippen LogP) is 0.508. The summed E-state index contributed by atoms with van der Waals surface area (Å²) in [6, 6.07) is 9.32. The van der Waals surface area contributed by atoms with E-state index in [4.69, 9.17) is 15.1 Å². The third kappa shape index (κ3) is 7.12. The quantitative estimate of drug-likeness (QED) is 0.388. The second kappa shape index (κ2) is 8.65. The third-order valence-electron chi connectivity index (χ3n) is 2.29. The van der Waals surface area contributed by atoms with Crippen LogP contribution in [0.15, 0.2) is 35.5 Å². The monoisotopic (exact) mass is 280 g/mol. The summed E-state index contributed by atoms with van der Waals surface area (Å²) in [6.45, 7) is -0.412. The molecule has 0 aliphatic rings. The summed E-state index contributed by atoms with van der Waals surface area (Å²) in [4.78, 5) is 27.3. The fourth-order valence-corrected chi connectivity index (χ4v) is 1.46. The number of hydrogen-bond acceptors (Lipinski definition) is 5. The second-order valence-corrected chi connectivity index (χ2v) is 3.98. The van der Waals surface area contributed by atoms with Gasteiger partial charge in [0.1, 0.15) is 6.61 Å². The van der Waals surface area contributed by atoms with Crippen LogP contribution in [0.2, 0.25) is 0 Å². The Balaban J connectivity index is 2.31. The normalized spacial score (nSPS) is 10.8. The SMILES string of the molecule is O=C(O)CN(CCO/N=C/c1ccccc1)CC(=O)O. The minimum Gasteiger partial charge on any atom is -0.480 e. The lowest BCUT2D eigenvalue weighted by Crippen LogP contribution is -2.36. The molecule has 0 spiro atoms. The Morgan fingerprint density at radius 3 is 2.30 bits per heavy atom. The van der Waals surface area contributed by atoms with Gasteiger partial charge in [-0.3, -0.25) is 14.5 Å². The molecule has 1 aromatic carbocycles. The van der Waals surface area contributed by atoms with E-state index in [1.807, 2.05) is 30.3 Å². The zero-order chi connectivity index (χ0) is 14.8. The number of carbonyl (C=O) groups is 2. The molecule has 0 aliphatic carbocycles. The Hall–Kier alpha value is -2.41. The Bertz CT molecular complexity index is 445. The van der Waals surface area contributed by atoms with Crippen molar-refractivity contribution in [2.45, 2.75) is 0 Å². The average molecular weight is 280 g/mol. The van der Waals surface area contributed by atoms with Crippen LogP contribution in [0.4, 0.5) is 0 Å². The van der Waals surface area contributed by atoms with E-state index in [1.165, 1.54) is 11.1 Å². The van der Waals surface area contributed by atoms with Crippen molar-refractivity contribution in [3.63, 3.8) is 0 Å². The highest BCUT2D eigenvalue weighted by Crippen LogP contribution is 1.94. The average Bonchev–Trinajstić information content (AvgIpc) is 2.38. The first-order valence-corrected chi connectivity index (χ1v) is 5.94. The van der Waals surface area contributed by atoms with Crippen LogP contribution in [0.25, 0.3) is 0 Å². The van der Waals surface area contributed by atoms with Gasteiger partial charge in [0.05, 0.1) is 19.3 Å². The molecule has 2 N–H and O–H groups in total. The van der Waals surface area contributed by atoms with Gasteiger partial charge in [0, 0.05) is 6.54 Å². The number of aliphatic carboxylic acids is 2. The van der Waals surface area contributed by atoms with E-state index in [9.17, 15) is 9.59 Å². The zero-order valence-electron chi connectivity index (χ0n) is 10.8. The number of oxime groups is 1. The van der Waals surface area contributed by atoms with E-state index < -0.39 is 11.9 Å². The van der Waals surface area contributed by atoms with Gasteiger partial charge in [0.25, 0.3) is 0 Å². The molecule has 0 radical (unpaired) electrons. The first-order chi connectivity index (χ1) is 9.58. The van der Waals surface area contributed by atoms with Crippen molar-refractivity contribution in [1.29, 1.82) is 0 Å². The van der Waals surface area contributed by atoms with Crippen molar-refractivity contribution in [3.8, 4) is 0 Å². The summed E-state index contributed by atoms with van der Waals surface area (Å²) < 4.78 is 0. The summed E-state index contributed by atoms with van der Waals surface area (Å²) in [6.07, 6.45) is 1.53. The molecule has 0 saturated carbocycles. The lowest BCUT2D eigenvalue weighted by Gasteiger charge is -2.16. The third-order valence-corrected chi connectivity index (χ3v) is 2.29. The number of rotatable bonds is 9. The Labute approximate surface area is 116 Å². The fourth-order valence-electron chi connectivity index (χ4n) is 1.46. The molecule has 0 aromatic heterocycles. The molecule has 0 bridgehead atoms. The maximum absolute atomic E-state index is 10.6. The van der Waals surface area contributed by atoms with Crippen LogP contribution in [0.1, 0.15) is 5.56 Å². The molecule has 0 saturated heterocycles. The standard InChI is InChI=1S/C13H16N2O5/c16-12(17)9-15(10-13(18)19)6-7-20-14-8-11-4-2-1-3-5-11/h1-5,8H,6-7,9-10H2,(H,16,17)(H,18,19)/b14-8+. The molecule has 1 rings (SSSR count). The second-order valence-electron chi connectivity index (χ2n) is 3.98. The lowest BCUT2D eigenvalue weighted by atomic mass is 10.2. The van der Waals surface area contributed by atoms with E-state index in [0.29, 0.717) is 0 Å². The minimum absolute atomic E-state index is 0.115. The molecular weight excluding hydrogens is 264 g/mol. The molecule has 0 atom stereocenters. The highest BCUT2D eigenvalue weighted by atomic mass is 16.6. The van der Waals surface area contributed by atoms with Crippen molar-refractivity contribution < 1.29 is 24.6 Å². The van der Waals surface area contributed by atoms with E-state index >= 15 is 0 Å². The van der Waals surface area contributed by atoms with Gasteiger partial charge in [0.2, 0.25) is 0 Å². The van der Waals surface area contributed by atoms with Crippen LogP contribution in [0, 0.1) is 0 Å². The summed E-state index contributed by atoms with van der Waals surface area (Å²) in [5.74, 6) is -2.17. The number of carboxylic acid groups (broad SMARTS) is 2. The number of nitrogens with zero attached hydrogens (tertiary/aromatic N) is 2. The maximum atomic E-state index is 10.6. The molecule has 7 nitrogen and oxygen atoms in total. The minimum atomic E-state index is -1.08. The number of hydrogen-bond donors (Lipinski definition) is 2. The molecule has 1 aromatic rings. The molecule has 7 heteroatoms. The number of benzene rings is 1. The van der Waals surface area contributed by atoms with Crippen LogP contribution in [0.5, 0.6) is 0 Å². The van der Waals surface area contributed by atoms with Gasteiger partial charge in [-0.25, -0.2) is 0 Å². The van der Waals surface area contributed by atoms with Gasteiger partial charge in [-0.1, -0.05) is 35.5 Å². The summed E-state index contributed by atoms with van der Waals surface area (Å²) in [5.41, 5.74) is 0.875. The zero-order valence-corrected chi connectivity index (χ0v) is 10.8. The van der Waals surface area contributed by atoms with Gasteiger partial charge >= 0.3 is 11.9 Å². The summed E-state index contributed by atoms with van der Waals surface area (Å²) >= 11 is 0. The Morgan fingerprint density at radius 1 is 1.15 bits per heavy atom. The Morgan fingerprint density at radius 2 is 1.75 bits per heavy atom. The summed E-state index contributed by atoms with van der Waals surface area (Å²) in [7, 11) is 0. The predicted molar refractivity (Wildman–Crippen MR) is 71.7 cm³/mol. The molecule has 0 amide bonds. The highest BCUT2D eigenvalue weighted by Gasteiger charge is 2.12. The van der Waals surface area contributed by atoms with E-state index in [1.54, 1.807) is 0 Å². The van der Waals surface area contributed by atoms with Crippen molar-refractivity contribution in [3.05, 3.63) is 35.9 Å². The van der Waals surface area contributed by atoms with Gasteiger partial charge in [-0.2, -0.15) is 0 Å². The van der Waals surface area contributed by atoms with E-state index in [-0.39, 0.29) is 26.2 Å². The van der Waals surface area contributed by atoms with Crippen LogP contribution in [-0.4, -0.2) is 59.5 Å². The molecule has 0 heterocycles. The van der Waals surface area contributed by atoms with Crippen molar-refractivity contribution in [2.75, 3.05) is 26.2 Å². The maximum Gasteiger partial charge on any atom is 0.317 e. The van der Waals surface area contributed by atoms with Gasteiger partial charge in [-0.05, 0) is 5.56 Å². The van der Waals surface area contributed by atoms with Crippen molar-refractivity contribution >= 4 is 18.2 Å². The van der Waals surface area contributed by atoms with Crippen molar-refractivity contribution in [1.82, 2.24) is 4.90 Å². The smallest absolute Gasteiger partial charge is 0.317 e. The molecule has 108 valence electrons. The largest absolute Gasteiger partial charge is 0.480 e. The van der Waals surface area contributed by atoms with Crippen molar-refractivity contribution in [2.24, 2.45) is 5.16 Å². The van der Waals surface area contributed by atoms with Gasteiger partial charge in [0.15, 0.2) is 0 Å².